The molecule has 0 radical (unpaired) electrons. The number of fused-ring (bicyclic) bond motifs is 1. The summed E-state index contributed by atoms with van der Waals surface area (Å²) in [4.78, 5) is 12.6. The minimum absolute atomic E-state index is 0.469. The largest absolute Gasteiger partial charge is 0.384 e. The van der Waals surface area contributed by atoms with Crippen LogP contribution in [0.5, 0.6) is 0 Å². The molecular weight excluding hydrogens is 238 g/mol. The number of pyridine rings is 3. The van der Waals surface area contributed by atoms with Crippen molar-refractivity contribution in [2.24, 2.45) is 0 Å². The monoisotopic (exact) mass is 251 g/mol. The van der Waals surface area contributed by atoms with Crippen molar-refractivity contribution in [3.63, 3.8) is 0 Å². The molecule has 0 aliphatic carbocycles. The molecule has 0 saturated carbocycles. The molecule has 4 N–H and O–H groups in total. The third-order valence-electron chi connectivity index (χ3n) is 3.07. The molecule has 0 spiro atoms. The average Bonchev–Trinajstić information content (AvgIpc) is 2.38. The number of nitrogen functional groups attached to an aromatic ring is 2. The minimum atomic E-state index is 0.469. The van der Waals surface area contributed by atoms with Crippen molar-refractivity contribution in [2.45, 2.75) is 6.92 Å². The molecule has 0 unspecified atom stereocenters. The van der Waals surface area contributed by atoms with E-state index in [4.69, 9.17) is 11.5 Å². The topological polar surface area (TPSA) is 90.7 Å². The maximum absolute atomic E-state index is 5.98. The van der Waals surface area contributed by atoms with E-state index < -0.39 is 0 Å². The Balaban J connectivity index is 2.25. The van der Waals surface area contributed by atoms with E-state index in [9.17, 15) is 0 Å². The van der Waals surface area contributed by atoms with Crippen LogP contribution >= 0.6 is 0 Å². The van der Waals surface area contributed by atoms with Crippen LogP contribution in [0.3, 0.4) is 0 Å². The first kappa shape index (κ1) is 11.4. The number of hydrogen-bond acceptors (Lipinski definition) is 5. The van der Waals surface area contributed by atoms with E-state index in [1.165, 1.54) is 0 Å². The lowest BCUT2D eigenvalue weighted by Gasteiger charge is -2.08. The summed E-state index contributed by atoms with van der Waals surface area (Å²) < 4.78 is 0. The lowest BCUT2D eigenvalue weighted by atomic mass is 10.1. The standard InChI is InChI=1S/C14H13N5/c1-8-4-13(15)18-7-10(8)12-5-9-2-3-17-6-11(9)14(16)19-12/h2-7H,1H3,(H2,15,18)(H2,16,19). The predicted molar refractivity (Wildman–Crippen MR) is 76.3 cm³/mol. The Bertz CT molecular complexity index is 767. The van der Waals surface area contributed by atoms with Gasteiger partial charge in [-0.3, -0.25) is 4.98 Å². The van der Waals surface area contributed by atoms with Gasteiger partial charge in [0.05, 0.1) is 5.69 Å². The highest BCUT2D eigenvalue weighted by molar-refractivity contribution is 5.93. The third kappa shape index (κ3) is 1.95. The fraction of sp³-hybridized carbons (Fsp3) is 0.0714. The van der Waals surface area contributed by atoms with E-state index in [2.05, 4.69) is 15.0 Å². The van der Waals surface area contributed by atoms with Crippen molar-refractivity contribution in [3.8, 4) is 11.3 Å². The van der Waals surface area contributed by atoms with Crippen LogP contribution in [0, 0.1) is 6.92 Å². The Morgan fingerprint density at radius 1 is 1.11 bits per heavy atom. The van der Waals surface area contributed by atoms with Crippen molar-refractivity contribution in [1.82, 2.24) is 15.0 Å². The van der Waals surface area contributed by atoms with Crippen molar-refractivity contribution < 1.29 is 0 Å². The fourth-order valence-corrected chi connectivity index (χ4v) is 2.10. The second-order valence-electron chi connectivity index (χ2n) is 4.41. The van der Waals surface area contributed by atoms with Gasteiger partial charge in [0.2, 0.25) is 0 Å². The zero-order chi connectivity index (χ0) is 13.4. The minimum Gasteiger partial charge on any atom is -0.384 e. The average molecular weight is 251 g/mol. The van der Waals surface area contributed by atoms with Gasteiger partial charge in [-0.05, 0) is 36.1 Å². The van der Waals surface area contributed by atoms with Crippen molar-refractivity contribution >= 4 is 22.4 Å². The van der Waals surface area contributed by atoms with Crippen molar-refractivity contribution in [1.29, 1.82) is 0 Å². The van der Waals surface area contributed by atoms with E-state index in [-0.39, 0.29) is 0 Å². The van der Waals surface area contributed by atoms with Gasteiger partial charge in [0.1, 0.15) is 11.6 Å². The van der Waals surface area contributed by atoms with Gasteiger partial charge in [0.25, 0.3) is 0 Å². The fourth-order valence-electron chi connectivity index (χ4n) is 2.10. The number of anilines is 2. The van der Waals surface area contributed by atoms with Crippen molar-refractivity contribution in [3.05, 3.63) is 42.4 Å². The van der Waals surface area contributed by atoms with Crippen LogP contribution in [0.1, 0.15) is 5.56 Å². The molecule has 0 bridgehead atoms. The summed E-state index contributed by atoms with van der Waals surface area (Å²) in [6, 6.07) is 5.72. The molecule has 0 aliphatic rings. The molecule has 94 valence electrons. The normalized spacial score (nSPS) is 10.8. The summed E-state index contributed by atoms with van der Waals surface area (Å²) in [6.07, 6.45) is 5.18. The Hall–Kier alpha value is -2.69. The maximum Gasteiger partial charge on any atom is 0.133 e. The highest BCUT2D eigenvalue weighted by Crippen LogP contribution is 2.27. The molecule has 3 rings (SSSR count). The van der Waals surface area contributed by atoms with Crippen LogP contribution < -0.4 is 11.5 Å². The molecule has 0 amide bonds. The van der Waals surface area contributed by atoms with Gasteiger partial charge >= 0.3 is 0 Å². The van der Waals surface area contributed by atoms with Crippen LogP contribution in [0.25, 0.3) is 22.0 Å². The maximum atomic E-state index is 5.98. The number of hydrogen-bond donors (Lipinski definition) is 2. The second kappa shape index (κ2) is 4.20. The van der Waals surface area contributed by atoms with Crippen LogP contribution in [-0.2, 0) is 0 Å². The Labute approximate surface area is 110 Å². The van der Waals surface area contributed by atoms with Gasteiger partial charge in [0.15, 0.2) is 0 Å². The molecule has 0 saturated heterocycles. The Morgan fingerprint density at radius 3 is 2.74 bits per heavy atom. The van der Waals surface area contributed by atoms with Gasteiger partial charge in [-0.25, -0.2) is 9.97 Å². The first-order valence-corrected chi connectivity index (χ1v) is 5.88. The summed E-state index contributed by atoms with van der Waals surface area (Å²) in [5.74, 6) is 0.969. The zero-order valence-electron chi connectivity index (χ0n) is 10.5. The molecule has 3 aromatic heterocycles. The van der Waals surface area contributed by atoms with E-state index in [0.717, 1.165) is 27.6 Å². The Kier molecular flexibility index (Phi) is 2.52. The molecule has 0 aromatic carbocycles. The van der Waals surface area contributed by atoms with Gasteiger partial charge in [-0.15, -0.1) is 0 Å². The molecule has 0 atom stereocenters. The first-order valence-electron chi connectivity index (χ1n) is 5.88. The summed E-state index contributed by atoms with van der Waals surface area (Å²) in [5.41, 5.74) is 14.4. The smallest absolute Gasteiger partial charge is 0.133 e. The van der Waals surface area contributed by atoms with Crippen LogP contribution in [0.4, 0.5) is 11.6 Å². The Morgan fingerprint density at radius 2 is 1.95 bits per heavy atom. The zero-order valence-corrected chi connectivity index (χ0v) is 10.5. The number of aromatic nitrogens is 3. The third-order valence-corrected chi connectivity index (χ3v) is 3.07. The van der Waals surface area contributed by atoms with E-state index >= 15 is 0 Å². The summed E-state index contributed by atoms with van der Waals surface area (Å²) >= 11 is 0. The SMILES string of the molecule is Cc1cc(N)ncc1-c1cc2ccncc2c(N)n1. The van der Waals surface area contributed by atoms with Crippen LogP contribution in [0.15, 0.2) is 36.8 Å². The van der Waals surface area contributed by atoms with Crippen LogP contribution in [-0.4, -0.2) is 15.0 Å². The molecule has 0 fully saturated rings. The van der Waals surface area contributed by atoms with Gasteiger partial charge < -0.3 is 11.5 Å². The number of nitrogens with two attached hydrogens (primary N) is 2. The highest BCUT2D eigenvalue weighted by atomic mass is 14.9. The number of aryl methyl sites for hydroxylation is 1. The predicted octanol–water partition coefficient (Wildman–Crippen LogP) is 2.16. The molecular formula is C14H13N5. The van der Waals surface area contributed by atoms with Gasteiger partial charge in [-0.2, -0.15) is 0 Å². The summed E-state index contributed by atoms with van der Waals surface area (Å²) in [6.45, 7) is 1.97. The summed E-state index contributed by atoms with van der Waals surface area (Å²) in [5, 5.41) is 1.86. The summed E-state index contributed by atoms with van der Waals surface area (Å²) in [7, 11) is 0. The molecule has 5 nitrogen and oxygen atoms in total. The lowest BCUT2D eigenvalue weighted by molar-refractivity contribution is 1.26. The molecule has 0 aliphatic heterocycles. The van der Waals surface area contributed by atoms with Gasteiger partial charge in [-0.1, -0.05) is 0 Å². The molecule has 19 heavy (non-hydrogen) atoms. The van der Waals surface area contributed by atoms with E-state index in [0.29, 0.717) is 11.6 Å². The molecule has 5 heteroatoms. The highest BCUT2D eigenvalue weighted by Gasteiger charge is 2.08. The number of nitrogens with zero attached hydrogens (tertiary/aromatic N) is 3. The molecule has 3 heterocycles. The van der Waals surface area contributed by atoms with E-state index in [1.54, 1.807) is 18.6 Å². The quantitative estimate of drug-likeness (QED) is 0.691. The van der Waals surface area contributed by atoms with E-state index in [1.807, 2.05) is 25.1 Å². The van der Waals surface area contributed by atoms with Crippen molar-refractivity contribution in [2.75, 3.05) is 11.5 Å². The van der Waals surface area contributed by atoms with Crippen LogP contribution in [0.2, 0.25) is 0 Å². The first-order chi connectivity index (χ1) is 9.15. The number of rotatable bonds is 1. The lowest BCUT2D eigenvalue weighted by Crippen LogP contribution is -1.97. The molecule has 3 aromatic rings. The second-order valence-corrected chi connectivity index (χ2v) is 4.41. The van der Waals surface area contributed by atoms with Gasteiger partial charge in [0, 0.05) is 29.5 Å².